The van der Waals surface area contributed by atoms with Crippen LogP contribution in [0.4, 0.5) is 11.5 Å². The van der Waals surface area contributed by atoms with Crippen LogP contribution in [0.3, 0.4) is 0 Å². The monoisotopic (exact) mass is 327 g/mol. The molecule has 0 saturated carbocycles. The molecule has 25 heavy (non-hydrogen) atoms. The van der Waals surface area contributed by atoms with Crippen LogP contribution in [0.5, 0.6) is 0 Å². The molecule has 0 aliphatic carbocycles. The molecular weight excluding hydrogens is 310 g/mol. The topological polar surface area (TPSA) is 68.9 Å². The van der Waals surface area contributed by atoms with E-state index in [1.165, 1.54) is 5.56 Å². The third-order valence-corrected chi connectivity index (χ3v) is 4.26. The largest absolute Gasteiger partial charge is 0.338 e. The zero-order valence-corrected chi connectivity index (χ0v) is 14.0. The van der Waals surface area contributed by atoms with Gasteiger partial charge in [0.25, 0.3) is 0 Å². The van der Waals surface area contributed by atoms with E-state index in [2.05, 4.69) is 48.5 Å². The van der Waals surface area contributed by atoms with Crippen LogP contribution in [0.25, 0.3) is 16.9 Å². The first-order chi connectivity index (χ1) is 12.2. The number of anilines is 2. The Morgan fingerprint density at radius 1 is 1.12 bits per heavy atom. The van der Waals surface area contributed by atoms with Gasteiger partial charge >= 0.3 is 0 Å². The van der Waals surface area contributed by atoms with Gasteiger partial charge in [0.2, 0.25) is 0 Å². The molecule has 0 fully saturated rings. The maximum Gasteiger partial charge on any atom is 0.173 e. The second-order valence-corrected chi connectivity index (χ2v) is 6.08. The van der Waals surface area contributed by atoms with Crippen molar-refractivity contribution in [1.29, 1.82) is 5.26 Å². The van der Waals surface area contributed by atoms with Crippen molar-refractivity contribution in [3.05, 3.63) is 71.4 Å². The summed E-state index contributed by atoms with van der Waals surface area (Å²) in [4.78, 5) is 4.70. The van der Waals surface area contributed by atoms with E-state index in [-0.39, 0.29) is 0 Å². The van der Waals surface area contributed by atoms with E-state index in [4.69, 9.17) is 4.98 Å². The molecule has 0 amide bonds. The Hall–Kier alpha value is -3.52. The van der Waals surface area contributed by atoms with Gasteiger partial charge in [0.15, 0.2) is 11.5 Å². The Balaban J connectivity index is 1.91. The first kappa shape index (κ1) is 15.0. The molecule has 4 rings (SSSR count). The summed E-state index contributed by atoms with van der Waals surface area (Å²) in [5.74, 6) is 0.814. The Morgan fingerprint density at radius 2 is 1.92 bits per heavy atom. The minimum absolute atomic E-state index is 0.519. The fraction of sp³-hybridized carbons (Fsp3) is 0.100. The number of aromatic amines is 1. The fourth-order valence-electron chi connectivity index (χ4n) is 3.00. The zero-order valence-electron chi connectivity index (χ0n) is 14.0. The van der Waals surface area contributed by atoms with Crippen LogP contribution >= 0.6 is 0 Å². The van der Waals surface area contributed by atoms with E-state index in [1.807, 2.05) is 34.8 Å². The number of hydrogen-bond donors (Lipinski definition) is 2. The van der Waals surface area contributed by atoms with E-state index in [1.54, 1.807) is 6.20 Å². The Bertz CT molecular complexity index is 1100. The van der Waals surface area contributed by atoms with Gasteiger partial charge in [-0.1, -0.05) is 48.0 Å². The quantitative estimate of drug-likeness (QED) is 0.579. The van der Waals surface area contributed by atoms with Crippen LogP contribution in [0, 0.1) is 25.2 Å². The van der Waals surface area contributed by atoms with Gasteiger partial charge in [-0.2, -0.15) is 5.26 Å². The summed E-state index contributed by atoms with van der Waals surface area (Å²) in [6, 6.07) is 18.4. The van der Waals surface area contributed by atoms with Crippen LogP contribution in [0.15, 0.2) is 54.7 Å². The van der Waals surface area contributed by atoms with Crippen molar-refractivity contribution in [2.75, 3.05) is 5.32 Å². The van der Waals surface area contributed by atoms with Crippen molar-refractivity contribution in [1.82, 2.24) is 14.6 Å². The molecule has 0 unspecified atom stereocenters. The fourth-order valence-corrected chi connectivity index (χ4v) is 3.00. The second-order valence-electron chi connectivity index (χ2n) is 6.08. The number of nitrogens with zero attached hydrogens (tertiary/aromatic N) is 3. The molecule has 0 radical (unpaired) electrons. The van der Waals surface area contributed by atoms with E-state index in [9.17, 15) is 5.26 Å². The second kappa shape index (κ2) is 5.84. The average Bonchev–Trinajstić information content (AvgIpc) is 3.17. The van der Waals surface area contributed by atoms with Crippen molar-refractivity contribution >= 4 is 17.2 Å². The smallest absolute Gasteiger partial charge is 0.173 e. The van der Waals surface area contributed by atoms with Crippen LogP contribution in [0.2, 0.25) is 0 Å². The molecule has 0 aliphatic heterocycles. The normalized spacial score (nSPS) is 10.8. The average molecular weight is 327 g/mol. The molecule has 0 atom stereocenters. The van der Waals surface area contributed by atoms with Crippen molar-refractivity contribution in [2.45, 2.75) is 13.8 Å². The van der Waals surface area contributed by atoms with Crippen LogP contribution < -0.4 is 5.32 Å². The van der Waals surface area contributed by atoms with Crippen molar-refractivity contribution in [3.8, 4) is 17.3 Å². The van der Waals surface area contributed by atoms with Crippen molar-refractivity contribution < 1.29 is 0 Å². The number of fused-ring (bicyclic) bond motifs is 1. The highest BCUT2D eigenvalue weighted by Gasteiger charge is 2.18. The predicted octanol–water partition coefficient (Wildman–Crippen LogP) is 4.56. The molecule has 4 aromatic rings. The molecule has 2 N–H and O–H groups in total. The molecular formula is C20H17N5. The van der Waals surface area contributed by atoms with Gasteiger partial charge in [-0.3, -0.25) is 5.10 Å². The van der Waals surface area contributed by atoms with E-state index in [0.717, 1.165) is 28.3 Å². The highest BCUT2D eigenvalue weighted by molar-refractivity contribution is 5.81. The molecule has 2 aromatic carbocycles. The lowest BCUT2D eigenvalue weighted by Gasteiger charge is -2.11. The molecule has 5 heteroatoms. The van der Waals surface area contributed by atoms with Crippen LogP contribution in [-0.4, -0.2) is 14.6 Å². The third-order valence-electron chi connectivity index (χ3n) is 4.26. The molecule has 0 aliphatic rings. The summed E-state index contributed by atoms with van der Waals surface area (Å²) in [5.41, 5.74) is 6.33. The Kier molecular flexibility index (Phi) is 3.51. The molecule has 122 valence electrons. The van der Waals surface area contributed by atoms with Gasteiger partial charge in [0, 0.05) is 17.4 Å². The number of H-pyrrole nitrogens is 1. The highest BCUT2D eigenvalue weighted by atomic mass is 15.3. The Labute approximate surface area is 145 Å². The summed E-state index contributed by atoms with van der Waals surface area (Å²) < 4.78 is 1.82. The molecule has 2 aromatic heterocycles. The lowest BCUT2D eigenvalue weighted by Crippen LogP contribution is -1.99. The molecule has 2 heterocycles. The summed E-state index contributed by atoms with van der Waals surface area (Å²) >= 11 is 0. The number of nitrogens with one attached hydrogen (secondary N) is 2. The molecule has 0 bridgehead atoms. The van der Waals surface area contributed by atoms with Gasteiger partial charge in [-0.05, 0) is 25.5 Å². The van der Waals surface area contributed by atoms with E-state index in [0.29, 0.717) is 11.2 Å². The number of rotatable bonds is 3. The molecule has 0 spiro atoms. The summed E-state index contributed by atoms with van der Waals surface area (Å²) in [6.45, 7) is 4.15. The van der Waals surface area contributed by atoms with Gasteiger partial charge in [0.05, 0.1) is 0 Å². The van der Waals surface area contributed by atoms with Crippen molar-refractivity contribution in [3.63, 3.8) is 0 Å². The lowest BCUT2D eigenvalue weighted by atomic mass is 10.1. The predicted molar refractivity (Wildman–Crippen MR) is 98.9 cm³/mol. The van der Waals surface area contributed by atoms with Gasteiger partial charge < -0.3 is 5.32 Å². The number of aryl methyl sites for hydroxylation is 2. The van der Waals surface area contributed by atoms with E-state index >= 15 is 0 Å². The standard InChI is InChI=1S/C20H17N5/c1-13-8-9-17(14(2)10-13)23-20-18(15-6-4-3-5-7-15)24-19-16(11-21)12-22-25(19)20/h3-10,12,22-23H,1-2H3. The lowest BCUT2D eigenvalue weighted by molar-refractivity contribution is 0.979. The maximum absolute atomic E-state index is 9.32. The van der Waals surface area contributed by atoms with Gasteiger partial charge in [-0.15, -0.1) is 0 Å². The number of aromatic nitrogens is 3. The maximum atomic E-state index is 9.32. The third kappa shape index (κ3) is 2.54. The summed E-state index contributed by atoms with van der Waals surface area (Å²) in [5, 5.41) is 15.9. The number of nitriles is 1. The molecule has 0 saturated heterocycles. The van der Waals surface area contributed by atoms with Crippen LogP contribution in [-0.2, 0) is 0 Å². The first-order valence-corrected chi connectivity index (χ1v) is 8.07. The first-order valence-electron chi connectivity index (χ1n) is 8.07. The number of hydrogen-bond acceptors (Lipinski definition) is 3. The van der Waals surface area contributed by atoms with Gasteiger partial charge in [-0.25, -0.2) is 9.50 Å². The zero-order chi connectivity index (χ0) is 17.4. The van der Waals surface area contributed by atoms with E-state index < -0.39 is 0 Å². The number of imidazole rings is 1. The summed E-state index contributed by atoms with van der Waals surface area (Å²) in [7, 11) is 0. The van der Waals surface area contributed by atoms with Gasteiger partial charge in [0.1, 0.15) is 17.3 Å². The highest BCUT2D eigenvalue weighted by Crippen LogP contribution is 2.32. The Morgan fingerprint density at radius 3 is 2.64 bits per heavy atom. The minimum atomic E-state index is 0.519. The minimum Gasteiger partial charge on any atom is -0.338 e. The van der Waals surface area contributed by atoms with Crippen molar-refractivity contribution in [2.24, 2.45) is 0 Å². The SMILES string of the molecule is Cc1ccc(Nc2c(-c3ccccc3)nc3c(C#N)c[nH]n23)c(C)c1. The summed E-state index contributed by atoms with van der Waals surface area (Å²) in [6.07, 6.45) is 1.67. The van der Waals surface area contributed by atoms with Crippen LogP contribution in [0.1, 0.15) is 16.7 Å². The molecule has 5 nitrogen and oxygen atoms in total. The number of benzene rings is 2.